The van der Waals surface area contributed by atoms with Crippen LogP contribution in [0.5, 0.6) is 0 Å². The number of hydrogen-bond donors (Lipinski definition) is 0. The second kappa shape index (κ2) is 11.7. The SMILES string of the molecule is CS(=O)(=O)[N-]S(=O)(=O)C(F)(F)F.C[N+]1(CCOCC(F)(F)CC(F)(F)C(F)F)CCCCC1. The second-order valence-electron chi connectivity index (χ2n) is 7.73. The quantitative estimate of drug-likeness (QED) is 0.236. The molecule has 0 radical (unpaired) electrons. The van der Waals surface area contributed by atoms with Crippen LogP contribution in [0.25, 0.3) is 4.13 Å². The normalized spacial score (nSPS) is 18.1. The van der Waals surface area contributed by atoms with E-state index < -0.39 is 56.9 Å². The molecule has 200 valence electrons. The maximum Gasteiger partial charge on any atom is 0.480 e. The summed E-state index contributed by atoms with van der Waals surface area (Å²) in [5, 5.41) is 0. The minimum Gasteiger partial charge on any atom is -0.429 e. The van der Waals surface area contributed by atoms with Gasteiger partial charge >= 0.3 is 17.9 Å². The summed E-state index contributed by atoms with van der Waals surface area (Å²) in [7, 11) is -8.47. The number of halogens is 9. The molecular weight excluding hydrogens is 523 g/mol. The third-order valence-corrected chi connectivity index (χ3v) is 6.78. The Balaban J connectivity index is 0.000000728. The van der Waals surface area contributed by atoms with Crippen molar-refractivity contribution in [3.05, 3.63) is 4.13 Å². The predicted molar refractivity (Wildman–Crippen MR) is 99.1 cm³/mol. The van der Waals surface area contributed by atoms with Gasteiger partial charge in [-0.25, -0.2) is 43.2 Å². The molecular formula is C15H25F9N2O5S2. The monoisotopic (exact) mass is 548 g/mol. The van der Waals surface area contributed by atoms with Crippen molar-refractivity contribution in [1.29, 1.82) is 0 Å². The van der Waals surface area contributed by atoms with Crippen LogP contribution < -0.4 is 0 Å². The molecule has 1 aliphatic rings. The van der Waals surface area contributed by atoms with Crippen molar-refractivity contribution in [1.82, 2.24) is 0 Å². The molecule has 0 spiro atoms. The first-order chi connectivity index (χ1) is 14.5. The highest BCUT2D eigenvalue weighted by Crippen LogP contribution is 2.35. The molecule has 0 atom stereocenters. The van der Waals surface area contributed by atoms with Crippen LogP contribution in [0.15, 0.2) is 0 Å². The highest BCUT2D eigenvalue weighted by Gasteiger charge is 2.50. The van der Waals surface area contributed by atoms with E-state index >= 15 is 0 Å². The van der Waals surface area contributed by atoms with Gasteiger partial charge in [-0.15, -0.1) is 0 Å². The molecule has 0 N–H and O–H groups in total. The summed E-state index contributed by atoms with van der Waals surface area (Å²) in [5.41, 5.74) is -5.67. The first-order valence-corrected chi connectivity index (χ1v) is 12.5. The molecule has 0 aromatic heterocycles. The van der Waals surface area contributed by atoms with Gasteiger partial charge in [0, 0.05) is 6.26 Å². The Morgan fingerprint density at radius 1 is 0.939 bits per heavy atom. The first kappa shape index (κ1) is 32.1. The topological polar surface area (TPSA) is 91.6 Å². The summed E-state index contributed by atoms with van der Waals surface area (Å²) >= 11 is 0. The van der Waals surface area contributed by atoms with Crippen molar-refractivity contribution in [2.75, 3.05) is 46.2 Å². The third-order valence-electron chi connectivity index (χ3n) is 4.32. The molecule has 1 saturated heterocycles. The van der Waals surface area contributed by atoms with E-state index in [0.717, 1.165) is 32.4 Å². The zero-order valence-corrected chi connectivity index (χ0v) is 19.2. The fourth-order valence-electron chi connectivity index (χ4n) is 2.70. The summed E-state index contributed by atoms with van der Waals surface area (Å²) in [4.78, 5) is 0. The van der Waals surface area contributed by atoms with Gasteiger partial charge < -0.3 is 13.3 Å². The van der Waals surface area contributed by atoms with Crippen LogP contribution in [0.3, 0.4) is 0 Å². The number of rotatable bonds is 10. The van der Waals surface area contributed by atoms with Gasteiger partial charge in [-0.2, -0.15) is 13.2 Å². The number of hydrogen-bond acceptors (Lipinski definition) is 5. The van der Waals surface area contributed by atoms with E-state index in [4.69, 9.17) is 4.74 Å². The van der Waals surface area contributed by atoms with Gasteiger partial charge in [-0.1, -0.05) is 0 Å². The van der Waals surface area contributed by atoms with E-state index in [1.807, 2.05) is 7.05 Å². The lowest BCUT2D eigenvalue weighted by Gasteiger charge is -2.37. The molecule has 0 aromatic rings. The van der Waals surface area contributed by atoms with Crippen LogP contribution in [-0.2, 0) is 24.8 Å². The Hall–Kier alpha value is -0.850. The van der Waals surface area contributed by atoms with Crippen molar-refractivity contribution in [3.63, 3.8) is 0 Å². The molecule has 0 aliphatic carbocycles. The minimum absolute atomic E-state index is 0.00629. The van der Waals surface area contributed by atoms with Crippen molar-refractivity contribution < 1.29 is 65.6 Å². The van der Waals surface area contributed by atoms with Crippen molar-refractivity contribution in [2.45, 2.75) is 49.5 Å². The van der Waals surface area contributed by atoms with Crippen LogP contribution >= 0.6 is 0 Å². The Morgan fingerprint density at radius 3 is 1.79 bits per heavy atom. The Morgan fingerprint density at radius 2 is 1.42 bits per heavy atom. The molecule has 0 aromatic carbocycles. The van der Waals surface area contributed by atoms with Crippen LogP contribution in [0, 0.1) is 0 Å². The zero-order valence-electron chi connectivity index (χ0n) is 17.6. The van der Waals surface area contributed by atoms with E-state index in [-0.39, 0.29) is 12.9 Å². The number of alkyl halides is 9. The number of sulfonamides is 2. The predicted octanol–water partition coefficient (Wildman–Crippen LogP) is 3.73. The van der Waals surface area contributed by atoms with Gasteiger partial charge in [-0.05, 0) is 19.3 Å². The van der Waals surface area contributed by atoms with Crippen LogP contribution in [0.1, 0.15) is 25.7 Å². The van der Waals surface area contributed by atoms with Crippen LogP contribution in [0.2, 0.25) is 0 Å². The number of quaternary nitrogens is 1. The molecule has 1 heterocycles. The maximum atomic E-state index is 13.2. The smallest absolute Gasteiger partial charge is 0.429 e. The minimum atomic E-state index is -5.92. The molecule has 1 rings (SSSR count). The number of ether oxygens (including phenoxy) is 1. The fraction of sp³-hybridized carbons (Fsp3) is 1.00. The van der Waals surface area contributed by atoms with Crippen LogP contribution in [0.4, 0.5) is 39.5 Å². The lowest BCUT2D eigenvalue weighted by molar-refractivity contribution is -0.914. The highest BCUT2D eigenvalue weighted by atomic mass is 32.3. The average Bonchev–Trinajstić information content (AvgIpc) is 2.56. The van der Waals surface area contributed by atoms with E-state index in [2.05, 4.69) is 0 Å². The van der Waals surface area contributed by atoms with E-state index in [1.54, 1.807) is 4.13 Å². The van der Waals surface area contributed by atoms with Gasteiger partial charge in [0.05, 0.1) is 43.2 Å². The first-order valence-electron chi connectivity index (χ1n) is 9.23. The largest absolute Gasteiger partial charge is 0.480 e. The zero-order chi connectivity index (χ0) is 26.4. The fourth-order valence-corrected chi connectivity index (χ4v) is 4.46. The Bertz CT molecular complexity index is 812. The van der Waals surface area contributed by atoms with Crippen molar-refractivity contribution in [3.8, 4) is 0 Å². The van der Waals surface area contributed by atoms with Gasteiger partial charge in [0.15, 0.2) is 10.0 Å². The number of likely N-dealkylation sites (N-methyl/N-ethyl adjacent to an activating group) is 1. The molecule has 0 bridgehead atoms. The van der Waals surface area contributed by atoms with Gasteiger partial charge in [0.25, 0.3) is 5.92 Å². The highest BCUT2D eigenvalue weighted by molar-refractivity contribution is 8.12. The van der Waals surface area contributed by atoms with Gasteiger partial charge in [-0.3, -0.25) is 0 Å². The van der Waals surface area contributed by atoms with E-state index in [1.165, 1.54) is 0 Å². The molecule has 1 fully saturated rings. The maximum absolute atomic E-state index is 13.2. The Kier molecular flexibility index (Phi) is 11.4. The summed E-state index contributed by atoms with van der Waals surface area (Å²) < 4.78 is 157. The molecule has 18 heteroatoms. The summed E-state index contributed by atoms with van der Waals surface area (Å²) in [6.45, 7) is 1.13. The lowest BCUT2D eigenvalue weighted by atomic mass is 10.1. The van der Waals surface area contributed by atoms with E-state index in [0.29, 0.717) is 11.0 Å². The number of likely N-dealkylation sites (tertiary alicyclic amines) is 1. The molecule has 33 heavy (non-hydrogen) atoms. The number of nitrogens with zero attached hydrogens (tertiary/aromatic N) is 2. The second-order valence-corrected chi connectivity index (χ2v) is 11.2. The molecule has 0 saturated carbocycles. The molecule has 7 nitrogen and oxygen atoms in total. The van der Waals surface area contributed by atoms with Gasteiger partial charge in [0.2, 0.25) is 0 Å². The molecule has 0 unspecified atom stereocenters. The molecule has 0 amide bonds. The lowest BCUT2D eigenvalue weighted by Crippen LogP contribution is -2.50. The standard InChI is InChI=1S/C13H22F6NO.C2H3F3NO4S2/c1-20(5-3-2-4-6-20)7-8-21-10-12(16,17)9-13(18,19)11(14)15;1-11(7,8)6-12(9,10)2(3,4)5/h11H,2-10H2,1H3;1H3/q+1;-1. The van der Waals surface area contributed by atoms with E-state index in [9.17, 15) is 56.3 Å². The van der Waals surface area contributed by atoms with Crippen molar-refractivity contribution in [2.24, 2.45) is 0 Å². The molecule has 1 aliphatic heterocycles. The van der Waals surface area contributed by atoms with Crippen LogP contribution in [-0.4, -0.2) is 91.2 Å². The average molecular weight is 548 g/mol. The van der Waals surface area contributed by atoms with Gasteiger partial charge in [0.1, 0.15) is 13.2 Å². The summed E-state index contributed by atoms with van der Waals surface area (Å²) in [6.07, 6.45) is -2.77. The summed E-state index contributed by atoms with van der Waals surface area (Å²) in [5.74, 6) is -8.65. The Labute approximate surface area is 185 Å². The number of piperidine rings is 1. The third kappa shape index (κ3) is 13.0. The van der Waals surface area contributed by atoms with Crippen molar-refractivity contribution >= 4 is 20.0 Å². The summed E-state index contributed by atoms with van der Waals surface area (Å²) in [6, 6.07) is 0.